The van der Waals surface area contributed by atoms with Gasteiger partial charge in [-0.25, -0.2) is 4.85 Å². The van der Waals surface area contributed by atoms with Crippen LogP contribution in [0.2, 0.25) is 0 Å². The highest BCUT2D eigenvalue weighted by Gasteiger charge is 2.15. The Bertz CT molecular complexity index is 2520. The zero-order chi connectivity index (χ0) is 31.0. The highest BCUT2D eigenvalue weighted by atomic mass is 14.8. The summed E-state index contributed by atoms with van der Waals surface area (Å²) < 4.78 is 0. The largest absolute Gasteiger partial charge is 0.383 e. The maximum Gasteiger partial charge on any atom is 0.187 e. The van der Waals surface area contributed by atoms with Gasteiger partial charge in [0, 0.05) is 5.56 Å². The van der Waals surface area contributed by atoms with Crippen LogP contribution in [0.15, 0.2) is 157 Å². The fraction of sp³-hybridized carbons (Fsp3) is 0.0233. The van der Waals surface area contributed by atoms with E-state index in [4.69, 9.17) is 17.3 Å². The lowest BCUT2D eigenvalue weighted by Gasteiger charge is -2.16. The summed E-state index contributed by atoms with van der Waals surface area (Å²) in [5.41, 5.74) is 13.9. The fourth-order valence-corrected chi connectivity index (χ4v) is 6.60. The zero-order valence-corrected chi connectivity index (χ0v) is 25.1. The molecule has 8 aromatic carbocycles. The number of fused-ring (bicyclic) bond motifs is 6. The molecule has 0 saturated carbocycles. The first-order chi connectivity index (χ1) is 22.7. The number of hydrogen-bond acceptors (Lipinski definition) is 1. The Kier molecular flexibility index (Phi) is 6.74. The monoisotopic (exact) mass is 587 g/mol. The van der Waals surface area contributed by atoms with E-state index in [0.717, 1.165) is 33.0 Å². The predicted octanol–water partition coefficient (Wildman–Crippen LogP) is 11.1. The Morgan fingerprint density at radius 2 is 1.11 bits per heavy atom. The van der Waals surface area contributed by atoms with Gasteiger partial charge in [-0.05, 0) is 101 Å². The minimum absolute atomic E-state index is 0.534. The molecule has 216 valence electrons. The van der Waals surface area contributed by atoms with Crippen molar-refractivity contribution < 1.29 is 0 Å². The first-order valence-electron chi connectivity index (χ1n) is 15.4. The Morgan fingerprint density at radius 3 is 1.78 bits per heavy atom. The van der Waals surface area contributed by atoms with Crippen LogP contribution >= 0.6 is 0 Å². The maximum absolute atomic E-state index is 7.39. The van der Waals surface area contributed by atoms with E-state index in [1.807, 2.05) is 42.5 Å². The van der Waals surface area contributed by atoms with Gasteiger partial charge in [-0.1, -0.05) is 121 Å². The van der Waals surface area contributed by atoms with E-state index in [-0.39, 0.29) is 0 Å². The summed E-state index contributed by atoms with van der Waals surface area (Å²) in [6, 6.07) is 53.1. The second-order valence-electron chi connectivity index (χ2n) is 11.7. The smallest absolute Gasteiger partial charge is 0.187 e. The molecule has 0 aliphatic heterocycles. The third-order valence-corrected chi connectivity index (χ3v) is 8.89. The summed E-state index contributed by atoms with van der Waals surface area (Å²) in [6.45, 7) is 7.93. The van der Waals surface area contributed by atoms with Crippen molar-refractivity contribution in [2.75, 3.05) is 0 Å². The van der Waals surface area contributed by atoms with Crippen molar-refractivity contribution in [1.29, 1.82) is 0 Å². The summed E-state index contributed by atoms with van der Waals surface area (Å²) in [5.74, 6) is 0.534. The summed E-state index contributed by atoms with van der Waals surface area (Å²) in [5, 5.41) is 9.46. The molecule has 0 aliphatic carbocycles. The lowest BCUT2D eigenvalue weighted by atomic mass is 9.87. The molecule has 8 rings (SSSR count). The van der Waals surface area contributed by atoms with Gasteiger partial charge in [-0.15, -0.1) is 0 Å². The van der Waals surface area contributed by atoms with Crippen LogP contribution in [0.1, 0.15) is 11.1 Å². The molecule has 3 heteroatoms. The summed E-state index contributed by atoms with van der Waals surface area (Å²) in [6.07, 6.45) is 0. The Balaban J connectivity index is 1.31. The number of nitrogens with zero attached hydrogens (tertiary/aromatic N) is 2. The van der Waals surface area contributed by atoms with E-state index >= 15 is 0 Å². The first-order valence-corrected chi connectivity index (χ1v) is 15.4. The van der Waals surface area contributed by atoms with E-state index in [1.54, 1.807) is 0 Å². The van der Waals surface area contributed by atoms with E-state index in [1.165, 1.54) is 43.4 Å². The predicted molar refractivity (Wildman–Crippen MR) is 194 cm³/mol. The summed E-state index contributed by atoms with van der Waals surface area (Å²) in [7, 11) is 0. The topological polar surface area (TPSA) is 42.7 Å². The molecule has 0 unspecified atom stereocenters. The number of nitrogens with two attached hydrogens (primary N) is 1. The molecule has 0 amide bonds. The van der Waals surface area contributed by atoms with Gasteiger partial charge in [-0.2, -0.15) is 0 Å². The average Bonchev–Trinajstić information content (AvgIpc) is 3.13. The van der Waals surface area contributed by atoms with Crippen LogP contribution in [-0.4, -0.2) is 5.84 Å². The quantitative estimate of drug-likeness (QED) is 0.0925. The molecule has 0 radical (unpaired) electrons. The molecule has 2 N–H and O–H groups in total. The van der Waals surface area contributed by atoms with Crippen LogP contribution in [0, 0.1) is 6.57 Å². The average molecular weight is 588 g/mol. The van der Waals surface area contributed by atoms with Crippen molar-refractivity contribution in [2.24, 2.45) is 10.7 Å². The second-order valence-corrected chi connectivity index (χ2v) is 11.7. The van der Waals surface area contributed by atoms with Gasteiger partial charge in [0.2, 0.25) is 0 Å². The molecule has 0 fully saturated rings. The lowest BCUT2D eigenvalue weighted by Crippen LogP contribution is -2.13. The van der Waals surface area contributed by atoms with Crippen LogP contribution in [0.4, 0.5) is 5.69 Å². The van der Waals surface area contributed by atoms with Gasteiger partial charge in [0.1, 0.15) is 5.84 Å². The summed E-state index contributed by atoms with van der Waals surface area (Å²) >= 11 is 0. The van der Waals surface area contributed by atoms with Gasteiger partial charge in [-0.3, -0.25) is 4.99 Å². The van der Waals surface area contributed by atoms with Crippen molar-refractivity contribution in [2.45, 2.75) is 6.54 Å². The molecule has 3 nitrogen and oxygen atoms in total. The van der Waals surface area contributed by atoms with Gasteiger partial charge >= 0.3 is 0 Å². The SMILES string of the molecule is [C-]#[N+]c1ccc2cc(-c3cc4c5ccccc5c(-c5cccc(C(N)=NCc6ccccc6)c5)cc4c4ccccc34)ccc2c1. The number of benzene rings is 8. The standard InChI is InChI=1S/C43H29N3/c1-45-34-21-20-29-22-32(19-18-30(29)24-34)40-26-42-37-16-7-5-14-35(37)39(25-41(42)38-17-8-6-15-36(38)40)31-12-9-13-33(23-31)43(44)46-27-28-10-3-2-4-11-28/h2-26H,27H2,(H2,44,46). The molecule has 0 saturated heterocycles. The molecule has 0 spiro atoms. The van der Waals surface area contributed by atoms with Crippen molar-refractivity contribution in [3.8, 4) is 22.3 Å². The zero-order valence-electron chi connectivity index (χ0n) is 25.1. The molecule has 0 heterocycles. The van der Waals surface area contributed by atoms with Crippen LogP contribution in [0.25, 0.3) is 70.2 Å². The molecular weight excluding hydrogens is 558 g/mol. The van der Waals surface area contributed by atoms with Crippen LogP contribution in [0.3, 0.4) is 0 Å². The normalized spacial score (nSPS) is 11.8. The first kappa shape index (κ1) is 27.3. The molecule has 0 aliphatic rings. The number of amidine groups is 1. The minimum atomic E-state index is 0.534. The third kappa shape index (κ3) is 4.83. The van der Waals surface area contributed by atoms with Crippen molar-refractivity contribution in [3.63, 3.8) is 0 Å². The molecular formula is C43H29N3. The molecule has 0 aromatic heterocycles. The molecule has 46 heavy (non-hydrogen) atoms. The lowest BCUT2D eigenvalue weighted by molar-refractivity contribution is 1.06. The van der Waals surface area contributed by atoms with Gasteiger partial charge in [0.05, 0.1) is 13.1 Å². The second kappa shape index (κ2) is 11.4. The molecule has 0 atom stereocenters. The van der Waals surface area contributed by atoms with Crippen LogP contribution in [-0.2, 0) is 6.54 Å². The minimum Gasteiger partial charge on any atom is -0.383 e. The molecule has 8 aromatic rings. The highest BCUT2D eigenvalue weighted by molar-refractivity contribution is 6.24. The van der Waals surface area contributed by atoms with E-state index in [2.05, 4.69) is 114 Å². The van der Waals surface area contributed by atoms with Crippen molar-refractivity contribution >= 4 is 54.6 Å². The third-order valence-electron chi connectivity index (χ3n) is 8.89. The fourth-order valence-electron chi connectivity index (χ4n) is 6.60. The van der Waals surface area contributed by atoms with Gasteiger partial charge < -0.3 is 5.73 Å². The summed E-state index contributed by atoms with van der Waals surface area (Å²) in [4.78, 5) is 8.31. The number of rotatable bonds is 5. The van der Waals surface area contributed by atoms with Crippen molar-refractivity contribution in [1.82, 2.24) is 0 Å². The van der Waals surface area contributed by atoms with Gasteiger partial charge in [0.15, 0.2) is 5.69 Å². The highest BCUT2D eigenvalue weighted by Crippen LogP contribution is 2.42. The van der Waals surface area contributed by atoms with Crippen LogP contribution in [0.5, 0.6) is 0 Å². The van der Waals surface area contributed by atoms with Crippen LogP contribution < -0.4 is 5.73 Å². The Labute approximate surface area is 267 Å². The molecule has 0 bridgehead atoms. The van der Waals surface area contributed by atoms with E-state index in [0.29, 0.717) is 18.1 Å². The maximum atomic E-state index is 7.39. The number of aliphatic imine (C=N–C) groups is 1. The van der Waals surface area contributed by atoms with Crippen molar-refractivity contribution in [3.05, 3.63) is 174 Å². The van der Waals surface area contributed by atoms with E-state index < -0.39 is 0 Å². The van der Waals surface area contributed by atoms with E-state index in [9.17, 15) is 0 Å². The Hall–Kier alpha value is -6.24. The number of hydrogen-bond donors (Lipinski definition) is 1. The Morgan fingerprint density at radius 1 is 0.522 bits per heavy atom. The van der Waals surface area contributed by atoms with Gasteiger partial charge in [0.25, 0.3) is 0 Å².